The number of aromatic hydroxyl groups is 1. The normalized spacial score (nSPS) is 39.7. The quantitative estimate of drug-likeness (QED) is 0.529. The molecule has 6 atom stereocenters. The molecule has 2 bridgehead atoms. The third kappa shape index (κ3) is 1.80. The minimum atomic E-state index is -0.297. The van der Waals surface area contributed by atoms with Gasteiger partial charge in [-0.05, 0) is 36.5 Å². The summed E-state index contributed by atoms with van der Waals surface area (Å²) in [6.45, 7) is 0. The highest BCUT2D eigenvalue weighted by molar-refractivity contribution is 9.12. The molecule has 0 spiro atoms. The Morgan fingerprint density at radius 3 is 2.18 bits per heavy atom. The molecule has 3 aliphatic rings. The van der Waals surface area contributed by atoms with Crippen molar-refractivity contribution in [3.8, 4) is 5.75 Å². The molecule has 2 amide bonds. The zero-order valence-corrected chi connectivity index (χ0v) is 15.2. The standard InChI is InChI=1S/C15H12Br2ClNO3/c16-12-6-4-7(13(12)17)11-10(6)14(21)19(15(11)22)8-3-5(18)1-2-9(8)20/h1-3,6-7,10-13,20H,4H2/t6-,7-,10+,11+,12-,13-/m1/s1. The van der Waals surface area contributed by atoms with Crippen molar-refractivity contribution in [1.29, 1.82) is 0 Å². The van der Waals surface area contributed by atoms with Crippen molar-refractivity contribution >= 4 is 61.0 Å². The number of halogens is 3. The van der Waals surface area contributed by atoms with Gasteiger partial charge in [0.05, 0.1) is 17.5 Å². The molecule has 3 fully saturated rings. The van der Waals surface area contributed by atoms with Gasteiger partial charge in [-0.3, -0.25) is 9.59 Å². The summed E-state index contributed by atoms with van der Waals surface area (Å²) in [5.41, 5.74) is 0.188. The number of fused-ring (bicyclic) bond motifs is 5. The topological polar surface area (TPSA) is 57.6 Å². The van der Waals surface area contributed by atoms with Crippen LogP contribution in [0.2, 0.25) is 5.02 Å². The van der Waals surface area contributed by atoms with Crippen molar-refractivity contribution in [1.82, 2.24) is 0 Å². The van der Waals surface area contributed by atoms with Gasteiger partial charge in [-0.15, -0.1) is 0 Å². The number of anilines is 1. The predicted molar refractivity (Wildman–Crippen MR) is 89.6 cm³/mol. The number of hydrogen-bond donors (Lipinski definition) is 1. The van der Waals surface area contributed by atoms with Crippen molar-refractivity contribution in [2.24, 2.45) is 23.7 Å². The number of carbonyl (C=O) groups is 2. The van der Waals surface area contributed by atoms with Crippen LogP contribution in [-0.4, -0.2) is 26.6 Å². The fraction of sp³-hybridized carbons (Fsp3) is 0.467. The third-order valence-electron chi connectivity index (χ3n) is 5.17. The first-order chi connectivity index (χ1) is 10.4. The highest BCUT2D eigenvalue weighted by atomic mass is 79.9. The minimum Gasteiger partial charge on any atom is -0.506 e. The second kappa shape index (κ2) is 4.95. The maximum Gasteiger partial charge on any atom is 0.238 e. The van der Waals surface area contributed by atoms with E-state index in [-0.39, 0.29) is 56.6 Å². The van der Waals surface area contributed by atoms with Gasteiger partial charge in [-0.25, -0.2) is 4.90 Å². The number of rotatable bonds is 1. The molecular weight excluding hydrogens is 437 g/mol. The highest BCUT2D eigenvalue weighted by Crippen LogP contribution is 2.60. The molecule has 116 valence electrons. The SMILES string of the molecule is O=C1[C@H]2[C@H]3C[C@@H]([C@@H](Br)[C@@H]3Br)[C@@H]2C(=O)N1c1cc(Cl)ccc1O. The lowest BCUT2D eigenvalue weighted by Gasteiger charge is -2.28. The molecule has 4 rings (SSSR count). The number of alkyl halides is 2. The first-order valence-corrected chi connectivity index (χ1v) is 9.27. The average Bonchev–Trinajstić information content (AvgIpc) is 3.07. The van der Waals surface area contributed by atoms with Crippen LogP contribution in [0, 0.1) is 23.7 Å². The van der Waals surface area contributed by atoms with Crippen LogP contribution < -0.4 is 4.90 Å². The molecule has 1 saturated heterocycles. The fourth-order valence-electron chi connectivity index (χ4n) is 4.26. The summed E-state index contributed by atoms with van der Waals surface area (Å²) in [4.78, 5) is 27.2. The number of benzene rings is 1. The maximum absolute atomic E-state index is 12.8. The lowest BCUT2D eigenvalue weighted by Crippen LogP contribution is -2.37. The Morgan fingerprint density at radius 2 is 1.64 bits per heavy atom. The van der Waals surface area contributed by atoms with Crippen LogP contribution in [0.1, 0.15) is 6.42 Å². The van der Waals surface area contributed by atoms with Crippen LogP contribution in [0.15, 0.2) is 18.2 Å². The summed E-state index contributed by atoms with van der Waals surface area (Å²) in [7, 11) is 0. The summed E-state index contributed by atoms with van der Waals surface area (Å²) in [6.07, 6.45) is 0.883. The number of carbonyl (C=O) groups excluding carboxylic acids is 2. The minimum absolute atomic E-state index is 0.107. The van der Waals surface area contributed by atoms with Crippen LogP contribution in [0.5, 0.6) is 5.75 Å². The number of phenolic OH excluding ortho intramolecular Hbond substituents is 1. The zero-order valence-electron chi connectivity index (χ0n) is 11.2. The summed E-state index contributed by atoms with van der Waals surface area (Å²) in [5, 5.41) is 10.4. The monoisotopic (exact) mass is 447 g/mol. The van der Waals surface area contributed by atoms with Crippen molar-refractivity contribution in [2.45, 2.75) is 16.1 Å². The van der Waals surface area contributed by atoms with Gasteiger partial charge in [-0.1, -0.05) is 43.5 Å². The summed E-state index contributed by atoms with van der Waals surface area (Å²) >= 11 is 13.2. The molecule has 2 saturated carbocycles. The van der Waals surface area contributed by atoms with Gasteiger partial charge in [-0.2, -0.15) is 0 Å². The van der Waals surface area contributed by atoms with E-state index >= 15 is 0 Å². The van der Waals surface area contributed by atoms with E-state index in [1.54, 1.807) is 0 Å². The second-order valence-corrected chi connectivity index (χ2v) is 8.70. The van der Waals surface area contributed by atoms with Crippen molar-refractivity contribution in [3.63, 3.8) is 0 Å². The van der Waals surface area contributed by atoms with Gasteiger partial charge < -0.3 is 5.11 Å². The molecular formula is C15H12Br2ClNO3. The molecule has 1 aliphatic heterocycles. The zero-order chi connectivity index (χ0) is 15.8. The van der Waals surface area contributed by atoms with Crippen LogP contribution in [0.3, 0.4) is 0 Å². The number of amides is 2. The molecule has 0 aromatic heterocycles. The van der Waals surface area contributed by atoms with Crippen molar-refractivity contribution in [2.75, 3.05) is 4.90 Å². The van der Waals surface area contributed by atoms with Gasteiger partial charge >= 0.3 is 0 Å². The largest absolute Gasteiger partial charge is 0.506 e. The summed E-state index contributed by atoms with van der Waals surface area (Å²) in [5.74, 6) is -0.829. The van der Waals surface area contributed by atoms with Crippen LogP contribution >= 0.6 is 43.5 Å². The number of phenols is 1. The molecule has 22 heavy (non-hydrogen) atoms. The second-order valence-electron chi connectivity index (χ2n) is 6.15. The first-order valence-electron chi connectivity index (χ1n) is 7.06. The Kier molecular flexibility index (Phi) is 3.37. The number of hydrogen-bond acceptors (Lipinski definition) is 3. The molecule has 1 N–H and O–H groups in total. The third-order valence-corrected chi connectivity index (χ3v) is 8.61. The van der Waals surface area contributed by atoms with Crippen LogP contribution in [0.25, 0.3) is 0 Å². The van der Waals surface area contributed by atoms with E-state index in [1.165, 1.54) is 18.2 Å². The van der Waals surface area contributed by atoms with E-state index in [0.29, 0.717) is 5.02 Å². The van der Waals surface area contributed by atoms with Crippen molar-refractivity contribution in [3.05, 3.63) is 23.2 Å². The number of imide groups is 1. The number of nitrogens with zero attached hydrogens (tertiary/aromatic N) is 1. The van der Waals surface area contributed by atoms with Gasteiger partial charge in [0.25, 0.3) is 0 Å². The molecule has 4 nitrogen and oxygen atoms in total. The summed E-state index contributed by atoms with van der Waals surface area (Å²) < 4.78 is 0. The van der Waals surface area contributed by atoms with E-state index < -0.39 is 0 Å². The lowest BCUT2D eigenvalue weighted by atomic mass is 9.81. The van der Waals surface area contributed by atoms with E-state index in [1.807, 2.05) is 0 Å². The Labute approximate surface area is 149 Å². The average molecular weight is 450 g/mol. The van der Waals surface area contributed by atoms with Gasteiger partial charge in [0.15, 0.2) is 0 Å². The predicted octanol–water partition coefficient (Wildman–Crippen LogP) is 3.33. The first kappa shape index (κ1) is 15.0. The van der Waals surface area contributed by atoms with Gasteiger partial charge in [0.1, 0.15) is 5.75 Å². The van der Waals surface area contributed by atoms with E-state index in [2.05, 4.69) is 31.9 Å². The van der Waals surface area contributed by atoms with E-state index in [0.717, 1.165) is 11.3 Å². The maximum atomic E-state index is 12.8. The fourth-order valence-corrected chi connectivity index (χ4v) is 6.30. The molecule has 0 radical (unpaired) electrons. The Morgan fingerprint density at radius 1 is 1.09 bits per heavy atom. The van der Waals surface area contributed by atoms with Crippen LogP contribution in [0.4, 0.5) is 5.69 Å². The molecule has 1 aromatic rings. The Bertz CT molecular complexity index is 665. The van der Waals surface area contributed by atoms with Crippen LogP contribution in [-0.2, 0) is 9.59 Å². The molecule has 1 aromatic carbocycles. The molecule has 7 heteroatoms. The van der Waals surface area contributed by atoms with Gasteiger partial charge in [0.2, 0.25) is 11.8 Å². The Hall–Kier alpha value is -0.590. The lowest BCUT2D eigenvalue weighted by molar-refractivity contribution is -0.123. The van der Waals surface area contributed by atoms with E-state index in [4.69, 9.17) is 11.6 Å². The van der Waals surface area contributed by atoms with E-state index in [9.17, 15) is 14.7 Å². The van der Waals surface area contributed by atoms with Gasteiger partial charge in [0, 0.05) is 14.7 Å². The molecule has 0 unspecified atom stereocenters. The van der Waals surface area contributed by atoms with Crippen molar-refractivity contribution < 1.29 is 14.7 Å². The molecule has 1 heterocycles. The summed E-state index contributed by atoms with van der Waals surface area (Å²) in [6, 6.07) is 4.40. The molecule has 2 aliphatic carbocycles. The smallest absolute Gasteiger partial charge is 0.238 e. The Balaban J connectivity index is 1.77. The highest BCUT2D eigenvalue weighted by Gasteiger charge is 2.66.